The van der Waals surface area contributed by atoms with Gasteiger partial charge in [0.05, 0.1) is 20.6 Å². The molecule has 0 fully saturated rings. The van der Waals surface area contributed by atoms with Gasteiger partial charge in [-0.25, -0.2) is 8.42 Å². The Morgan fingerprint density at radius 3 is 2.11 bits per heavy atom. The molecule has 0 radical (unpaired) electrons. The average Bonchev–Trinajstić information content (AvgIpc) is 3.01. The zero-order valence-corrected chi connectivity index (χ0v) is 28.1. The molecular formula is C35H37Cl2N3O4S. The molecule has 4 aromatic rings. The van der Waals surface area contributed by atoms with E-state index in [4.69, 9.17) is 23.2 Å². The maximum atomic E-state index is 14.5. The second-order valence-electron chi connectivity index (χ2n) is 11.0. The van der Waals surface area contributed by atoms with E-state index in [0.717, 1.165) is 26.6 Å². The Labute approximate surface area is 275 Å². The van der Waals surface area contributed by atoms with Crippen LogP contribution in [0.1, 0.15) is 34.7 Å². The van der Waals surface area contributed by atoms with Crippen LogP contribution in [-0.2, 0) is 32.6 Å². The number of rotatable bonds is 12. The van der Waals surface area contributed by atoms with Gasteiger partial charge in [-0.3, -0.25) is 13.9 Å². The van der Waals surface area contributed by atoms with Crippen molar-refractivity contribution in [1.29, 1.82) is 0 Å². The first-order valence-electron chi connectivity index (χ1n) is 14.6. The molecule has 7 nitrogen and oxygen atoms in total. The third-order valence-corrected chi connectivity index (χ3v) is 10.2. The quantitative estimate of drug-likeness (QED) is 0.179. The number of hydrogen-bond donors (Lipinski definition) is 1. The summed E-state index contributed by atoms with van der Waals surface area (Å²) < 4.78 is 29.5. The summed E-state index contributed by atoms with van der Waals surface area (Å²) in [6.45, 7) is 7.31. The van der Waals surface area contributed by atoms with E-state index in [9.17, 15) is 18.0 Å². The minimum Gasteiger partial charge on any atom is -0.355 e. The molecule has 236 valence electrons. The van der Waals surface area contributed by atoms with Crippen molar-refractivity contribution < 1.29 is 18.0 Å². The Hall–Kier alpha value is -3.85. The number of aryl methyl sites for hydroxylation is 3. The average molecular weight is 667 g/mol. The van der Waals surface area contributed by atoms with Gasteiger partial charge in [-0.05, 0) is 86.3 Å². The van der Waals surface area contributed by atoms with Gasteiger partial charge in [0.25, 0.3) is 10.0 Å². The zero-order valence-electron chi connectivity index (χ0n) is 25.8. The van der Waals surface area contributed by atoms with E-state index in [1.807, 2.05) is 57.2 Å². The number of likely N-dealkylation sites (N-methyl/N-ethyl adjacent to an activating group) is 1. The molecule has 1 atom stereocenters. The van der Waals surface area contributed by atoms with Gasteiger partial charge < -0.3 is 10.2 Å². The van der Waals surface area contributed by atoms with Crippen molar-refractivity contribution in [2.75, 3.05) is 17.4 Å². The number of hydrogen-bond acceptors (Lipinski definition) is 4. The largest absolute Gasteiger partial charge is 0.355 e. The van der Waals surface area contributed by atoms with Gasteiger partial charge in [-0.1, -0.05) is 83.4 Å². The van der Waals surface area contributed by atoms with Gasteiger partial charge in [0.1, 0.15) is 12.6 Å². The van der Waals surface area contributed by atoms with Crippen LogP contribution in [0.3, 0.4) is 0 Å². The Bertz CT molecular complexity index is 1760. The first-order chi connectivity index (χ1) is 21.4. The van der Waals surface area contributed by atoms with Crippen LogP contribution in [0.25, 0.3) is 0 Å². The van der Waals surface area contributed by atoms with Crippen molar-refractivity contribution in [3.63, 3.8) is 0 Å². The molecule has 0 aromatic heterocycles. The number of amides is 2. The molecule has 1 N–H and O–H groups in total. The highest BCUT2D eigenvalue weighted by atomic mass is 35.5. The molecule has 0 bridgehead atoms. The summed E-state index contributed by atoms with van der Waals surface area (Å²) in [4.78, 5) is 29.6. The first-order valence-corrected chi connectivity index (χ1v) is 16.8. The van der Waals surface area contributed by atoms with E-state index >= 15 is 0 Å². The van der Waals surface area contributed by atoms with Crippen LogP contribution in [0.5, 0.6) is 0 Å². The number of nitrogens with one attached hydrogen (secondary N) is 1. The second kappa shape index (κ2) is 15.0. The Kier molecular flexibility index (Phi) is 11.3. The molecule has 45 heavy (non-hydrogen) atoms. The fraction of sp³-hybridized carbons (Fsp3) is 0.257. The van der Waals surface area contributed by atoms with Crippen molar-refractivity contribution in [2.24, 2.45) is 0 Å². The number of carbonyl (C=O) groups is 2. The lowest BCUT2D eigenvalue weighted by Crippen LogP contribution is -2.53. The number of halogens is 2. The summed E-state index contributed by atoms with van der Waals surface area (Å²) in [5, 5.41) is 3.51. The molecule has 4 aromatic carbocycles. The number of benzene rings is 4. The van der Waals surface area contributed by atoms with E-state index < -0.39 is 28.5 Å². The lowest BCUT2D eigenvalue weighted by Gasteiger charge is -2.34. The minimum absolute atomic E-state index is 0.00426. The molecule has 0 spiro atoms. The van der Waals surface area contributed by atoms with Crippen molar-refractivity contribution in [1.82, 2.24) is 10.2 Å². The normalized spacial score (nSPS) is 12.0. The van der Waals surface area contributed by atoms with Gasteiger partial charge in [0.15, 0.2) is 0 Å². The van der Waals surface area contributed by atoms with Crippen LogP contribution in [-0.4, -0.2) is 44.3 Å². The van der Waals surface area contributed by atoms with E-state index in [1.54, 1.807) is 49.4 Å². The number of nitrogens with zero attached hydrogens (tertiary/aromatic N) is 2. The van der Waals surface area contributed by atoms with Crippen molar-refractivity contribution in [3.8, 4) is 0 Å². The third kappa shape index (κ3) is 8.45. The number of anilines is 1. The Morgan fingerprint density at radius 1 is 0.800 bits per heavy atom. The van der Waals surface area contributed by atoms with E-state index in [2.05, 4.69) is 5.32 Å². The molecule has 0 saturated heterocycles. The Balaban J connectivity index is 1.82. The van der Waals surface area contributed by atoms with Gasteiger partial charge in [-0.15, -0.1) is 0 Å². The maximum Gasteiger partial charge on any atom is 0.264 e. The Morgan fingerprint density at radius 2 is 1.49 bits per heavy atom. The van der Waals surface area contributed by atoms with Crippen molar-refractivity contribution in [3.05, 3.63) is 129 Å². The monoisotopic (exact) mass is 665 g/mol. The summed E-state index contributed by atoms with van der Waals surface area (Å²) in [7, 11) is -4.18. The highest BCUT2D eigenvalue weighted by molar-refractivity contribution is 7.92. The van der Waals surface area contributed by atoms with Gasteiger partial charge in [0.2, 0.25) is 11.8 Å². The fourth-order valence-corrected chi connectivity index (χ4v) is 6.65. The predicted molar refractivity (Wildman–Crippen MR) is 181 cm³/mol. The first kappa shape index (κ1) is 34.0. The van der Waals surface area contributed by atoms with E-state index in [1.165, 1.54) is 17.0 Å². The molecule has 0 heterocycles. The molecule has 10 heteroatoms. The summed E-state index contributed by atoms with van der Waals surface area (Å²) in [5.74, 6) is -0.906. The summed E-state index contributed by atoms with van der Waals surface area (Å²) in [5.41, 5.74) is 4.60. The topological polar surface area (TPSA) is 86.8 Å². The molecule has 0 aliphatic rings. The zero-order chi connectivity index (χ0) is 32.7. The van der Waals surface area contributed by atoms with Crippen LogP contribution in [0, 0.1) is 20.8 Å². The minimum atomic E-state index is -4.18. The summed E-state index contributed by atoms with van der Waals surface area (Å²) in [6.07, 6.45) is 0.216. The standard InChI is InChI=1S/C35H37Cl2N3O4S/c1-5-38-35(42)33(21-27-9-7-6-8-10-27)39(22-28-14-18-31(36)32(37)20-28)34(41)23-40(29-15-13-25(3)26(4)19-29)45(43,44)30-16-11-24(2)12-17-30/h6-20,33H,5,21-23H2,1-4H3,(H,38,42). The highest BCUT2D eigenvalue weighted by Gasteiger charge is 2.34. The molecular weight excluding hydrogens is 629 g/mol. The van der Waals surface area contributed by atoms with Crippen molar-refractivity contribution >= 4 is 50.7 Å². The van der Waals surface area contributed by atoms with E-state index in [-0.39, 0.29) is 23.8 Å². The molecule has 0 saturated carbocycles. The van der Waals surface area contributed by atoms with Crippen LogP contribution in [0.15, 0.2) is 95.9 Å². The number of carbonyl (C=O) groups excluding carboxylic acids is 2. The predicted octanol–water partition coefficient (Wildman–Crippen LogP) is 6.89. The smallest absolute Gasteiger partial charge is 0.264 e. The van der Waals surface area contributed by atoms with Crippen molar-refractivity contribution in [2.45, 2.75) is 51.6 Å². The third-order valence-electron chi connectivity index (χ3n) is 7.63. The highest BCUT2D eigenvalue weighted by Crippen LogP contribution is 2.28. The fourth-order valence-electron chi connectivity index (χ4n) is 4.93. The van der Waals surface area contributed by atoms with E-state index in [0.29, 0.717) is 27.8 Å². The van der Waals surface area contributed by atoms with Gasteiger partial charge >= 0.3 is 0 Å². The molecule has 4 rings (SSSR count). The van der Waals surface area contributed by atoms with Crippen LogP contribution >= 0.6 is 23.2 Å². The second-order valence-corrected chi connectivity index (χ2v) is 13.6. The number of sulfonamides is 1. The van der Waals surface area contributed by atoms with Crippen LogP contribution in [0.4, 0.5) is 5.69 Å². The van der Waals surface area contributed by atoms with Gasteiger partial charge in [-0.2, -0.15) is 0 Å². The van der Waals surface area contributed by atoms with Gasteiger partial charge in [0, 0.05) is 19.5 Å². The molecule has 0 aliphatic heterocycles. The lowest BCUT2D eigenvalue weighted by molar-refractivity contribution is -0.140. The van der Waals surface area contributed by atoms with Crippen LogP contribution in [0.2, 0.25) is 10.0 Å². The SMILES string of the molecule is CCNC(=O)C(Cc1ccccc1)N(Cc1ccc(Cl)c(Cl)c1)C(=O)CN(c1ccc(C)c(C)c1)S(=O)(=O)c1ccc(C)cc1. The maximum absolute atomic E-state index is 14.5. The van der Waals surface area contributed by atoms with Crippen LogP contribution < -0.4 is 9.62 Å². The summed E-state index contributed by atoms with van der Waals surface area (Å²) >= 11 is 12.5. The summed E-state index contributed by atoms with van der Waals surface area (Å²) in [6, 6.07) is 25.2. The lowest BCUT2D eigenvalue weighted by atomic mass is 10.0. The molecule has 1 unspecified atom stereocenters. The molecule has 0 aliphatic carbocycles. The molecule has 2 amide bonds.